The fraction of sp³-hybridized carbons (Fsp3) is 0.0769. The maximum atomic E-state index is 6.02. The van der Waals surface area contributed by atoms with Crippen molar-refractivity contribution in [3.63, 3.8) is 0 Å². The highest BCUT2D eigenvalue weighted by atomic mass is 127. The highest BCUT2D eigenvalue weighted by molar-refractivity contribution is 6.30. The van der Waals surface area contributed by atoms with E-state index in [1.54, 1.807) is 0 Å². The highest BCUT2D eigenvalue weighted by Crippen LogP contribution is 2.25. The second kappa shape index (κ2) is 3.49. The Morgan fingerprint density at radius 1 is 0.933 bits per heavy atom. The van der Waals surface area contributed by atoms with E-state index in [4.69, 9.17) is 11.6 Å². The summed E-state index contributed by atoms with van der Waals surface area (Å²) in [6, 6.07) is 13.0. The van der Waals surface area contributed by atoms with E-state index in [-0.39, 0.29) is 21.2 Å². The third kappa shape index (κ3) is 1.58. The molecule has 1 aliphatic heterocycles. The van der Waals surface area contributed by atoms with Crippen LogP contribution in [-0.4, -0.2) is 0 Å². The predicted octanol–water partition coefficient (Wildman–Crippen LogP) is 0.757. The van der Waals surface area contributed by atoms with Crippen LogP contribution >= 0.6 is 11.6 Å². The molecule has 0 bridgehead atoms. The molecule has 0 amide bonds. The third-order valence-corrected chi connectivity index (χ3v) is 5.78. The minimum atomic E-state index is -0.0112. The van der Waals surface area contributed by atoms with E-state index in [9.17, 15) is 0 Å². The molecule has 1 heterocycles. The number of halogens is 2. The van der Waals surface area contributed by atoms with Crippen LogP contribution in [0.1, 0.15) is 5.56 Å². The molecule has 2 aromatic carbocycles. The number of fused-ring (bicyclic) bond motifs is 3. The lowest BCUT2D eigenvalue weighted by atomic mass is 10.0. The lowest BCUT2D eigenvalue weighted by Crippen LogP contribution is -3.61. The van der Waals surface area contributed by atoms with Gasteiger partial charge in [-0.25, -0.2) is 0 Å². The van der Waals surface area contributed by atoms with Crippen LogP contribution in [-0.2, 0) is 0 Å². The summed E-state index contributed by atoms with van der Waals surface area (Å²) in [4.78, 5) is 0. The van der Waals surface area contributed by atoms with Gasteiger partial charge in [0, 0.05) is 22.2 Å². The summed E-state index contributed by atoms with van der Waals surface area (Å²) in [5, 5.41) is 0.859. The van der Waals surface area contributed by atoms with E-state index in [0.29, 0.717) is 0 Å². The Hall–Kier alpha value is -0.540. The van der Waals surface area contributed by atoms with Gasteiger partial charge >= 0.3 is 21.2 Å². The van der Waals surface area contributed by atoms with Crippen molar-refractivity contribution < 1.29 is 21.2 Å². The molecule has 0 unspecified atom stereocenters. The van der Waals surface area contributed by atoms with Gasteiger partial charge in [0.25, 0.3) is 0 Å². The van der Waals surface area contributed by atoms with Gasteiger partial charge in [-0.05, 0) is 31.2 Å². The minimum Gasteiger partial charge on any atom is -0.0842 e. The van der Waals surface area contributed by atoms with Gasteiger partial charge in [-0.3, -0.25) is 0 Å². The molecule has 0 nitrogen and oxygen atoms in total. The normalized spacial score (nSPS) is 12.4. The van der Waals surface area contributed by atoms with Crippen LogP contribution in [0.2, 0.25) is 5.02 Å². The third-order valence-electron chi connectivity index (χ3n) is 2.55. The van der Waals surface area contributed by atoms with E-state index >= 15 is 0 Å². The second-order valence-corrected chi connectivity index (χ2v) is 7.00. The molecule has 0 N–H and O–H groups in total. The quantitative estimate of drug-likeness (QED) is 0.535. The summed E-state index contributed by atoms with van der Waals surface area (Å²) in [5.41, 5.74) is 4.15. The summed E-state index contributed by atoms with van der Waals surface area (Å²) in [7, 11) is 0. The minimum absolute atomic E-state index is 0.0112. The Morgan fingerprint density at radius 3 is 2.67 bits per heavy atom. The molecule has 2 aromatic rings. The zero-order chi connectivity index (χ0) is 10.4. The first kappa shape index (κ1) is 9.67. The van der Waals surface area contributed by atoms with Crippen molar-refractivity contribution in [3.05, 3.63) is 54.1 Å². The van der Waals surface area contributed by atoms with E-state index in [0.717, 1.165) is 5.02 Å². The van der Waals surface area contributed by atoms with E-state index < -0.39 is 0 Å². The predicted molar refractivity (Wildman–Crippen MR) is 59.0 cm³/mol. The molecule has 74 valence electrons. The van der Waals surface area contributed by atoms with Gasteiger partial charge < -0.3 is 0 Å². The van der Waals surface area contributed by atoms with Crippen molar-refractivity contribution >= 4 is 11.6 Å². The molecule has 15 heavy (non-hydrogen) atoms. The van der Waals surface area contributed by atoms with Gasteiger partial charge in [-0.15, -0.1) is 0 Å². The van der Waals surface area contributed by atoms with E-state index in [1.807, 2.05) is 6.07 Å². The zero-order valence-electron chi connectivity index (χ0n) is 8.22. The van der Waals surface area contributed by atoms with Crippen molar-refractivity contribution in [1.29, 1.82) is 0 Å². The number of rotatable bonds is 0. The largest absolute Gasteiger partial charge is 0.359 e. The highest BCUT2D eigenvalue weighted by Gasteiger charge is 2.33. The molecule has 0 radical (unpaired) electrons. The zero-order valence-corrected chi connectivity index (χ0v) is 11.1. The summed E-state index contributed by atoms with van der Waals surface area (Å²) >= 11 is 6.00. The Morgan fingerprint density at radius 2 is 1.80 bits per heavy atom. The molecule has 0 saturated carbocycles. The van der Waals surface area contributed by atoms with Crippen LogP contribution in [0.4, 0.5) is 0 Å². The fourth-order valence-corrected chi connectivity index (χ4v) is 5.15. The molecular weight excluding hydrogens is 318 g/mol. The van der Waals surface area contributed by atoms with Gasteiger partial charge in [-0.1, -0.05) is 23.2 Å². The standard InChI is InChI=1S/C13H9ClI/c1-8-2-5-12-11(6-8)10-4-3-9(14)7-13(10)15-12/h2-7H,1H3/q+1. The van der Waals surface area contributed by atoms with Crippen LogP contribution in [0, 0.1) is 14.1 Å². The maximum Gasteiger partial charge on any atom is 0.359 e. The molecule has 0 aliphatic carbocycles. The van der Waals surface area contributed by atoms with Crippen molar-refractivity contribution in [2.45, 2.75) is 6.92 Å². The summed E-state index contributed by atoms with van der Waals surface area (Å²) < 4.78 is 2.98. The Kier molecular flexibility index (Phi) is 2.25. The van der Waals surface area contributed by atoms with Gasteiger partial charge in [-0.2, -0.15) is 0 Å². The molecule has 0 fully saturated rings. The van der Waals surface area contributed by atoms with Crippen LogP contribution in [0.3, 0.4) is 0 Å². The molecule has 2 heteroatoms. The SMILES string of the molecule is Cc1ccc2c(c1)-c1ccc(Cl)cc1[I+]2. The molecule has 0 spiro atoms. The molecule has 3 rings (SSSR count). The Labute approximate surface area is 105 Å². The van der Waals surface area contributed by atoms with Crippen LogP contribution in [0.5, 0.6) is 0 Å². The average molecular weight is 328 g/mol. The Bertz CT molecular complexity index is 546. The topological polar surface area (TPSA) is 0 Å². The first-order valence-electron chi connectivity index (χ1n) is 4.79. The van der Waals surface area contributed by atoms with Crippen molar-refractivity contribution in [2.75, 3.05) is 0 Å². The number of hydrogen-bond acceptors (Lipinski definition) is 0. The molecule has 0 atom stereocenters. The first-order chi connectivity index (χ1) is 7.24. The van der Waals surface area contributed by atoms with Crippen molar-refractivity contribution in [2.24, 2.45) is 0 Å². The Balaban J connectivity index is 2.26. The van der Waals surface area contributed by atoms with Crippen LogP contribution in [0.25, 0.3) is 11.1 Å². The number of benzene rings is 2. The van der Waals surface area contributed by atoms with Gasteiger partial charge in [0.05, 0.1) is 0 Å². The van der Waals surface area contributed by atoms with Gasteiger partial charge in [0.15, 0.2) is 0 Å². The summed E-state index contributed by atoms with van der Waals surface area (Å²) in [5.74, 6) is 0. The van der Waals surface area contributed by atoms with Crippen LogP contribution in [0.15, 0.2) is 36.4 Å². The van der Waals surface area contributed by atoms with Gasteiger partial charge in [0.1, 0.15) is 0 Å². The van der Waals surface area contributed by atoms with Gasteiger partial charge in [0.2, 0.25) is 7.14 Å². The van der Waals surface area contributed by atoms with E-state index in [1.165, 1.54) is 23.8 Å². The molecular formula is C13H9ClI+. The summed E-state index contributed by atoms with van der Waals surface area (Å²) in [6.45, 7) is 2.15. The number of hydrogen-bond donors (Lipinski definition) is 0. The lowest BCUT2D eigenvalue weighted by Gasteiger charge is -1.96. The monoisotopic (exact) mass is 327 g/mol. The fourth-order valence-electron chi connectivity index (χ4n) is 1.82. The van der Waals surface area contributed by atoms with E-state index in [2.05, 4.69) is 37.3 Å². The van der Waals surface area contributed by atoms with Crippen molar-refractivity contribution in [1.82, 2.24) is 0 Å². The molecule has 0 aromatic heterocycles. The molecule has 1 aliphatic rings. The van der Waals surface area contributed by atoms with Crippen LogP contribution < -0.4 is 21.2 Å². The second-order valence-electron chi connectivity index (χ2n) is 3.70. The summed E-state index contributed by atoms with van der Waals surface area (Å²) in [6.07, 6.45) is 0. The molecule has 0 saturated heterocycles. The average Bonchev–Trinajstić information content (AvgIpc) is 2.54. The number of aryl methyl sites for hydroxylation is 1. The maximum absolute atomic E-state index is 6.02. The smallest absolute Gasteiger partial charge is 0.0842 e. The van der Waals surface area contributed by atoms with Crippen molar-refractivity contribution in [3.8, 4) is 11.1 Å². The lowest BCUT2D eigenvalue weighted by molar-refractivity contribution is -0.589. The first-order valence-corrected chi connectivity index (χ1v) is 7.33.